The third-order valence-electron chi connectivity index (χ3n) is 6.21. The van der Waals surface area contributed by atoms with Crippen molar-refractivity contribution < 1.29 is 14.3 Å². The van der Waals surface area contributed by atoms with Crippen LogP contribution in [0.25, 0.3) is 0 Å². The van der Waals surface area contributed by atoms with E-state index < -0.39 is 0 Å². The molecule has 4 heteroatoms. The number of Topliss-reactive ketones (excluding diaryl/α,β-unsaturated/α-hetero) is 1. The Kier molecular flexibility index (Phi) is 8.32. The number of carbonyl (C=O) groups is 1. The van der Waals surface area contributed by atoms with Crippen molar-refractivity contribution in [3.8, 4) is 11.5 Å². The minimum Gasteiger partial charge on any atom is -0.497 e. The molecule has 0 saturated carbocycles. The predicted octanol–water partition coefficient (Wildman–Crippen LogP) is 6.03. The average Bonchev–Trinajstić information content (AvgIpc) is 2.79. The fraction of sp³-hybridized carbons (Fsp3) is 0.500. The first-order valence-corrected chi connectivity index (χ1v) is 11.2. The van der Waals surface area contributed by atoms with Crippen LogP contribution in [0.1, 0.15) is 75.1 Å². The number of methoxy groups -OCH3 is 2. The van der Waals surface area contributed by atoms with Gasteiger partial charge in [-0.15, -0.1) is 0 Å². The summed E-state index contributed by atoms with van der Waals surface area (Å²) >= 11 is 0. The van der Waals surface area contributed by atoms with Gasteiger partial charge >= 0.3 is 0 Å². The van der Waals surface area contributed by atoms with Gasteiger partial charge < -0.3 is 14.8 Å². The number of ketones is 1. The van der Waals surface area contributed by atoms with E-state index in [2.05, 4.69) is 36.5 Å². The number of unbranched alkanes of at least 4 members (excludes halogenated alkanes) is 4. The molecule has 0 aliphatic carbocycles. The molecule has 0 bridgehead atoms. The van der Waals surface area contributed by atoms with Crippen LogP contribution in [0.4, 0.5) is 0 Å². The number of benzene rings is 2. The van der Waals surface area contributed by atoms with Crippen LogP contribution in [0.15, 0.2) is 48.5 Å². The van der Waals surface area contributed by atoms with Gasteiger partial charge in [0.25, 0.3) is 0 Å². The molecule has 30 heavy (non-hydrogen) atoms. The Bertz CT molecular complexity index is 785. The van der Waals surface area contributed by atoms with Crippen LogP contribution in [-0.2, 0) is 4.79 Å². The van der Waals surface area contributed by atoms with Crippen molar-refractivity contribution in [3.05, 3.63) is 59.7 Å². The zero-order valence-electron chi connectivity index (χ0n) is 18.5. The lowest BCUT2D eigenvalue weighted by Crippen LogP contribution is -2.42. The Balaban J connectivity index is 1.78. The fourth-order valence-electron chi connectivity index (χ4n) is 4.42. The number of rotatable bonds is 10. The summed E-state index contributed by atoms with van der Waals surface area (Å²) in [5, 5.41) is 3.79. The number of carbonyl (C=O) groups excluding carboxylic acids is 1. The molecule has 1 fully saturated rings. The van der Waals surface area contributed by atoms with Crippen molar-refractivity contribution in [1.82, 2.24) is 5.32 Å². The molecule has 0 aromatic heterocycles. The highest BCUT2D eigenvalue weighted by molar-refractivity contribution is 5.83. The van der Waals surface area contributed by atoms with E-state index in [4.69, 9.17) is 9.47 Å². The summed E-state index contributed by atoms with van der Waals surface area (Å²) in [4.78, 5) is 13.2. The Labute approximate surface area is 181 Å². The van der Waals surface area contributed by atoms with Gasteiger partial charge in [-0.05, 0) is 41.8 Å². The summed E-state index contributed by atoms with van der Waals surface area (Å²) < 4.78 is 10.6. The second-order valence-electron chi connectivity index (χ2n) is 8.22. The average molecular weight is 410 g/mol. The zero-order chi connectivity index (χ0) is 21.3. The topological polar surface area (TPSA) is 47.6 Å². The molecule has 1 aliphatic rings. The first kappa shape index (κ1) is 22.4. The Morgan fingerprint density at radius 1 is 0.833 bits per heavy atom. The van der Waals surface area contributed by atoms with Crippen molar-refractivity contribution in [2.24, 2.45) is 5.92 Å². The molecule has 0 amide bonds. The van der Waals surface area contributed by atoms with E-state index in [0.29, 0.717) is 12.2 Å². The van der Waals surface area contributed by atoms with Crippen LogP contribution in [-0.4, -0.2) is 20.0 Å². The molecule has 162 valence electrons. The SMILES string of the molecule is CCCCCCC[C@H]1C(=O)C[C@@H](c2ccc(OC)cc2)N[C@H]1c1ccc(OC)cc1. The van der Waals surface area contributed by atoms with Gasteiger partial charge in [0.15, 0.2) is 0 Å². The molecule has 1 saturated heterocycles. The van der Waals surface area contributed by atoms with E-state index in [9.17, 15) is 4.79 Å². The molecule has 4 nitrogen and oxygen atoms in total. The smallest absolute Gasteiger partial charge is 0.139 e. The lowest BCUT2D eigenvalue weighted by atomic mass is 9.78. The molecule has 2 aromatic carbocycles. The second-order valence-corrected chi connectivity index (χ2v) is 8.22. The van der Waals surface area contributed by atoms with Crippen LogP contribution in [0.2, 0.25) is 0 Å². The number of hydrogen-bond acceptors (Lipinski definition) is 4. The Morgan fingerprint density at radius 2 is 1.40 bits per heavy atom. The van der Waals surface area contributed by atoms with Crippen molar-refractivity contribution in [1.29, 1.82) is 0 Å². The maximum Gasteiger partial charge on any atom is 0.139 e. The van der Waals surface area contributed by atoms with Crippen molar-refractivity contribution in [2.75, 3.05) is 14.2 Å². The van der Waals surface area contributed by atoms with Crippen molar-refractivity contribution >= 4 is 5.78 Å². The highest BCUT2D eigenvalue weighted by Crippen LogP contribution is 2.38. The van der Waals surface area contributed by atoms with Crippen LogP contribution in [0, 0.1) is 5.92 Å². The predicted molar refractivity (Wildman–Crippen MR) is 121 cm³/mol. The highest BCUT2D eigenvalue weighted by atomic mass is 16.5. The number of ether oxygens (including phenoxy) is 2. The van der Waals surface area contributed by atoms with Crippen molar-refractivity contribution in [3.63, 3.8) is 0 Å². The molecule has 3 atom stereocenters. The minimum absolute atomic E-state index is 0.0202. The van der Waals surface area contributed by atoms with E-state index >= 15 is 0 Å². The van der Waals surface area contributed by atoms with Gasteiger partial charge in [-0.2, -0.15) is 0 Å². The summed E-state index contributed by atoms with van der Waals surface area (Å²) in [5.41, 5.74) is 2.28. The van der Waals surface area contributed by atoms with Crippen LogP contribution >= 0.6 is 0 Å². The molecule has 0 unspecified atom stereocenters. The molecular weight excluding hydrogens is 374 g/mol. The first-order chi connectivity index (χ1) is 14.7. The van der Waals surface area contributed by atoms with Gasteiger partial charge in [0.2, 0.25) is 0 Å². The van der Waals surface area contributed by atoms with E-state index in [0.717, 1.165) is 35.5 Å². The summed E-state index contributed by atoms with van der Waals surface area (Å²) in [6.45, 7) is 2.23. The molecule has 2 aromatic rings. The first-order valence-electron chi connectivity index (χ1n) is 11.2. The molecular formula is C26H35NO3. The standard InChI is InChI=1S/C26H35NO3/c1-4-5-6-7-8-9-23-25(28)18-24(19-10-14-21(29-2)15-11-19)27-26(23)20-12-16-22(30-3)17-13-20/h10-17,23-24,26-27H,4-9,18H2,1-3H3/t23-,24-,26-/m0/s1. The molecule has 0 spiro atoms. The largest absolute Gasteiger partial charge is 0.497 e. The quantitative estimate of drug-likeness (QED) is 0.487. The fourth-order valence-corrected chi connectivity index (χ4v) is 4.42. The van der Waals surface area contributed by atoms with Gasteiger partial charge in [0.05, 0.1) is 14.2 Å². The maximum atomic E-state index is 13.2. The molecule has 1 N–H and O–H groups in total. The van der Waals surface area contributed by atoms with Gasteiger partial charge in [0, 0.05) is 24.4 Å². The van der Waals surface area contributed by atoms with Crippen LogP contribution in [0.3, 0.4) is 0 Å². The molecule has 0 radical (unpaired) electrons. The van der Waals surface area contributed by atoms with E-state index in [1.807, 2.05) is 24.3 Å². The molecule has 1 aliphatic heterocycles. The van der Waals surface area contributed by atoms with E-state index in [1.165, 1.54) is 25.7 Å². The second kappa shape index (κ2) is 11.2. The van der Waals surface area contributed by atoms with Crippen LogP contribution < -0.4 is 14.8 Å². The monoisotopic (exact) mass is 409 g/mol. The maximum absolute atomic E-state index is 13.2. The summed E-state index contributed by atoms with van der Waals surface area (Å²) in [6, 6.07) is 16.2. The highest BCUT2D eigenvalue weighted by Gasteiger charge is 2.37. The summed E-state index contributed by atoms with van der Waals surface area (Å²) in [5.74, 6) is 2.06. The van der Waals surface area contributed by atoms with Crippen LogP contribution in [0.5, 0.6) is 11.5 Å². The lowest BCUT2D eigenvalue weighted by molar-refractivity contribution is -0.127. The van der Waals surface area contributed by atoms with Gasteiger partial charge in [0.1, 0.15) is 17.3 Å². The third kappa shape index (κ3) is 5.63. The molecule has 1 heterocycles. The van der Waals surface area contributed by atoms with Gasteiger partial charge in [-0.1, -0.05) is 63.3 Å². The third-order valence-corrected chi connectivity index (χ3v) is 6.21. The molecule has 3 rings (SSSR count). The van der Waals surface area contributed by atoms with Gasteiger partial charge in [-0.3, -0.25) is 4.79 Å². The Hall–Kier alpha value is -2.33. The number of nitrogens with one attached hydrogen (secondary N) is 1. The summed E-state index contributed by atoms with van der Waals surface area (Å²) in [7, 11) is 3.35. The lowest BCUT2D eigenvalue weighted by Gasteiger charge is -2.37. The van der Waals surface area contributed by atoms with Gasteiger partial charge in [-0.25, -0.2) is 0 Å². The number of hydrogen-bond donors (Lipinski definition) is 1. The Morgan fingerprint density at radius 3 is 1.97 bits per heavy atom. The van der Waals surface area contributed by atoms with E-state index in [-0.39, 0.29) is 18.0 Å². The van der Waals surface area contributed by atoms with Crippen molar-refractivity contribution in [2.45, 2.75) is 64.0 Å². The summed E-state index contributed by atoms with van der Waals surface area (Å²) in [6.07, 6.45) is 7.57. The van der Waals surface area contributed by atoms with E-state index in [1.54, 1.807) is 14.2 Å². The number of piperidine rings is 1. The minimum atomic E-state index is 0.0202. The zero-order valence-corrected chi connectivity index (χ0v) is 18.5. The normalized spacial score (nSPS) is 21.4.